The number of phenols is 1. The third kappa shape index (κ3) is 12.5. The third-order valence-electron chi connectivity index (χ3n) is 5.69. The standard InChI is InChI=1S/C25H41N7O7/c1-13(2)11-19(24(38)39)31-22(36)18(5-4-10-29-25(27)28)30-23(37)20(14(3)33)32-21(35)17(26)12-15-6-8-16(34)9-7-15/h6-9,13-14,17-20,33-34H,4-5,10-12,26H2,1-3H3,(H,30,37)(H,31,36)(H,32,35)(H,38,39)(H4,27,28,29). The lowest BCUT2D eigenvalue weighted by molar-refractivity contribution is -0.143. The number of hydrogen-bond donors (Lipinski definition) is 9. The lowest BCUT2D eigenvalue weighted by Crippen LogP contribution is -2.60. The summed E-state index contributed by atoms with van der Waals surface area (Å²) in [5.41, 5.74) is 17.3. The Balaban J connectivity index is 2.98. The molecule has 0 fully saturated rings. The molecule has 5 unspecified atom stereocenters. The Morgan fingerprint density at radius 1 is 0.923 bits per heavy atom. The van der Waals surface area contributed by atoms with Gasteiger partial charge in [0.05, 0.1) is 12.1 Å². The molecule has 0 spiro atoms. The SMILES string of the molecule is CC(C)CC(NC(=O)C(CCCN=C(N)N)NC(=O)C(NC(=O)C(N)Cc1ccc(O)cc1)C(C)O)C(=O)O. The second kappa shape index (κ2) is 16.1. The minimum atomic E-state index is -1.46. The van der Waals surface area contributed by atoms with Gasteiger partial charge < -0.3 is 48.5 Å². The van der Waals surface area contributed by atoms with E-state index in [2.05, 4.69) is 20.9 Å². The van der Waals surface area contributed by atoms with Gasteiger partial charge in [-0.3, -0.25) is 19.4 Å². The van der Waals surface area contributed by atoms with Crippen LogP contribution in [-0.2, 0) is 25.6 Å². The number of aliphatic hydroxyl groups excluding tert-OH is 1. The first-order chi connectivity index (χ1) is 18.2. The summed E-state index contributed by atoms with van der Waals surface area (Å²) in [4.78, 5) is 54.2. The number of nitrogens with zero attached hydrogens (tertiary/aromatic N) is 1. The van der Waals surface area contributed by atoms with E-state index < -0.39 is 54.0 Å². The molecule has 0 aromatic heterocycles. The number of aliphatic carboxylic acids is 1. The molecule has 1 aromatic carbocycles. The maximum Gasteiger partial charge on any atom is 0.326 e. The monoisotopic (exact) mass is 551 g/mol. The number of hydrogen-bond acceptors (Lipinski definition) is 8. The molecule has 14 heteroatoms. The third-order valence-corrected chi connectivity index (χ3v) is 5.69. The van der Waals surface area contributed by atoms with Gasteiger partial charge in [-0.05, 0) is 56.2 Å². The smallest absolute Gasteiger partial charge is 0.326 e. The van der Waals surface area contributed by atoms with Gasteiger partial charge in [-0.15, -0.1) is 0 Å². The summed E-state index contributed by atoms with van der Waals surface area (Å²) in [5.74, 6) is -3.68. The van der Waals surface area contributed by atoms with Crippen molar-refractivity contribution >= 4 is 29.7 Å². The summed E-state index contributed by atoms with van der Waals surface area (Å²) in [7, 11) is 0. The van der Waals surface area contributed by atoms with Gasteiger partial charge in [0.25, 0.3) is 0 Å². The van der Waals surface area contributed by atoms with Crippen molar-refractivity contribution in [2.75, 3.05) is 6.54 Å². The molecule has 3 amide bonds. The molecule has 14 nitrogen and oxygen atoms in total. The van der Waals surface area contributed by atoms with E-state index in [0.717, 1.165) is 0 Å². The number of benzene rings is 1. The molecular formula is C25H41N7O7. The van der Waals surface area contributed by atoms with Gasteiger partial charge in [0.1, 0.15) is 23.9 Å². The zero-order valence-corrected chi connectivity index (χ0v) is 22.5. The molecule has 0 saturated heterocycles. The highest BCUT2D eigenvalue weighted by Gasteiger charge is 2.32. The Morgan fingerprint density at radius 2 is 1.51 bits per heavy atom. The van der Waals surface area contributed by atoms with E-state index >= 15 is 0 Å². The lowest BCUT2D eigenvalue weighted by Gasteiger charge is -2.26. The topological polar surface area (TPSA) is 255 Å². The zero-order valence-electron chi connectivity index (χ0n) is 22.5. The van der Waals surface area contributed by atoms with Crippen molar-refractivity contribution in [3.8, 4) is 5.75 Å². The normalized spacial score (nSPS) is 14.8. The number of guanidine groups is 1. The molecule has 0 aliphatic rings. The van der Waals surface area contributed by atoms with Crippen LogP contribution in [0.1, 0.15) is 45.6 Å². The van der Waals surface area contributed by atoms with Crippen molar-refractivity contribution in [1.29, 1.82) is 0 Å². The number of aliphatic imine (C=N–C) groups is 1. The van der Waals surface area contributed by atoms with Crippen LogP contribution in [0.3, 0.4) is 0 Å². The van der Waals surface area contributed by atoms with Crippen molar-refractivity contribution in [3.63, 3.8) is 0 Å². The number of carboxylic acids is 1. The van der Waals surface area contributed by atoms with Crippen LogP contribution in [0.5, 0.6) is 5.75 Å². The van der Waals surface area contributed by atoms with E-state index in [0.29, 0.717) is 5.56 Å². The van der Waals surface area contributed by atoms with Crippen molar-refractivity contribution in [3.05, 3.63) is 29.8 Å². The average molecular weight is 552 g/mol. The molecule has 1 aromatic rings. The summed E-state index contributed by atoms with van der Waals surface area (Å²) < 4.78 is 0. The highest BCUT2D eigenvalue weighted by Crippen LogP contribution is 2.11. The quantitative estimate of drug-likeness (QED) is 0.0638. The van der Waals surface area contributed by atoms with Crippen molar-refractivity contribution in [2.24, 2.45) is 28.1 Å². The number of amides is 3. The molecule has 1 rings (SSSR count). The molecule has 0 saturated carbocycles. The Labute approximate surface area is 227 Å². The van der Waals surface area contributed by atoms with E-state index in [-0.39, 0.29) is 49.9 Å². The lowest BCUT2D eigenvalue weighted by atomic mass is 10.0. The van der Waals surface area contributed by atoms with Crippen LogP contribution in [0, 0.1) is 5.92 Å². The first-order valence-corrected chi connectivity index (χ1v) is 12.6. The average Bonchev–Trinajstić information content (AvgIpc) is 2.84. The van der Waals surface area contributed by atoms with Gasteiger partial charge in [-0.25, -0.2) is 4.79 Å². The number of carbonyl (C=O) groups excluding carboxylic acids is 3. The minimum Gasteiger partial charge on any atom is -0.508 e. The highest BCUT2D eigenvalue weighted by molar-refractivity contribution is 5.94. The summed E-state index contributed by atoms with van der Waals surface area (Å²) >= 11 is 0. The molecule has 0 bridgehead atoms. The second-order valence-corrected chi connectivity index (χ2v) is 9.74. The van der Waals surface area contributed by atoms with Gasteiger partial charge in [-0.1, -0.05) is 26.0 Å². The van der Waals surface area contributed by atoms with E-state index in [4.69, 9.17) is 17.2 Å². The van der Waals surface area contributed by atoms with Crippen molar-refractivity contribution in [2.45, 2.75) is 76.7 Å². The van der Waals surface area contributed by atoms with Gasteiger partial charge in [0.15, 0.2) is 5.96 Å². The summed E-state index contributed by atoms with van der Waals surface area (Å²) in [5, 5.41) is 36.4. The summed E-state index contributed by atoms with van der Waals surface area (Å²) in [6, 6.07) is 1.16. The van der Waals surface area contributed by atoms with E-state index in [9.17, 15) is 34.5 Å². The predicted octanol–water partition coefficient (Wildman–Crippen LogP) is -1.72. The molecule has 0 radical (unpaired) electrons. The van der Waals surface area contributed by atoms with Gasteiger partial charge in [0, 0.05) is 6.54 Å². The molecular weight excluding hydrogens is 510 g/mol. The molecule has 218 valence electrons. The van der Waals surface area contributed by atoms with E-state index in [1.807, 2.05) is 0 Å². The largest absolute Gasteiger partial charge is 0.508 e. The fourth-order valence-electron chi connectivity index (χ4n) is 3.64. The number of phenolic OH excluding ortho intramolecular Hbond substituents is 1. The van der Waals surface area contributed by atoms with Gasteiger partial charge >= 0.3 is 5.97 Å². The van der Waals surface area contributed by atoms with Crippen molar-refractivity contribution in [1.82, 2.24) is 16.0 Å². The van der Waals surface area contributed by atoms with Crippen LogP contribution in [0.15, 0.2) is 29.3 Å². The van der Waals surface area contributed by atoms with E-state index in [1.54, 1.807) is 26.0 Å². The van der Waals surface area contributed by atoms with Crippen LogP contribution in [0.2, 0.25) is 0 Å². The number of carboxylic acid groups (broad SMARTS) is 1. The van der Waals surface area contributed by atoms with Crippen LogP contribution in [-0.4, -0.2) is 81.8 Å². The van der Waals surface area contributed by atoms with Crippen LogP contribution in [0.4, 0.5) is 0 Å². The van der Waals surface area contributed by atoms with Gasteiger partial charge in [0.2, 0.25) is 17.7 Å². The van der Waals surface area contributed by atoms with Crippen LogP contribution < -0.4 is 33.2 Å². The number of aromatic hydroxyl groups is 1. The Kier molecular flexibility index (Phi) is 13.7. The molecule has 39 heavy (non-hydrogen) atoms. The first kappa shape index (κ1) is 33.1. The van der Waals surface area contributed by atoms with Gasteiger partial charge in [-0.2, -0.15) is 0 Å². The molecule has 5 atom stereocenters. The first-order valence-electron chi connectivity index (χ1n) is 12.6. The molecule has 0 heterocycles. The number of nitrogens with one attached hydrogen (secondary N) is 3. The van der Waals surface area contributed by atoms with Crippen LogP contribution in [0.25, 0.3) is 0 Å². The predicted molar refractivity (Wildman–Crippen MR) is 144 cm³/mol. The van der Waals surface area contributed by atoms with Crippen LogP contribution >= 0.6 is 0 Å². The number of rotatable bonds is 16. The number of nitrogens with two attached hydrogens (primary N) is 3. The maximum absolute atomic E-state index is 13.1. The fourth-order valence-corrected chi connectivity index (χ4v) is 3.64. The van der Waals surface area contributed by atoms with E-state index in [1.165, 1.54) is 19.1 Å². The van der Waals surface area contributed by atoms with Crippen molar-refractivity contribution < 1.29 is 34.5 Å². The highest BCUT2D eigenvalue weighted by atomic mass is 16.4. The zero-order chi connectivity index (χ0) is 29.7. The number of aliphatic hydroxyl groups is 1. The molecule has 12 N–H and O–H groups in total. The maximum atomic E-state index is 13.1. The summed E-state index contributed by atoms with van der Waals surface area (Å²) in [6.45, 7) is 5.05. The molecule has 0 aliphatic carbocycles. The Hall–Kier alpha value is -3.91. The molecule has 0 aliphatic heterocycles. The fraction of sp³-hybridized carbons (Fsp3) is 0.560. The number of carbonyl (C=O) groups is 4. The Bertz CT molecular complexity index is 995. The minimum absolute atomic E-state index is 0.0260. The summed E-state index contributed by atoms with van der Waals surface area (Å²) in [6.07, 6.45) is -0.776. The Morgan fingerprint density at radius 3 is 2.03 bits per heavy atom. The second-order valence-electron chi connectivity index (χ2n) is 9.74.